The predicted molar refractivity (Wildman–Crippen MR) is 64.4 cm³/mol. The van der Waals surface area contributed by atoms with Gasteiger partial charge in [0, 0.05) is 6.54 Å². The van der Waals surface area contributed by atoms with Crippen molar-refractivity contribution in [3.8, 4) is 5.75 Å². The quantitative estimate of drug-likeness (QED) is 0.738. The van der Waals surface area contributed by atoms with Crippen molar-refractivity contribution in [2.75, 3.05) is 26.2 Å². The molecule has 0 aliphatic carbocycles. The highest BCUT2D eigenvalue weighted by Gasteiger charge is 2.04. The first-order chi connectivity index (χ1) is 7.67. The molecule has 2 nitrogen and oxygen atoms in total. The van der Waals surface area contributed by atoms with E-state index >= 15 is 0 Å². The molecule has 0 amide bonds. The fraction of sp³-hybridized carbons (Fsp3) is 0.538. The van der Waals surface area contributed by atoms with E-state index in [1.54, 1.807) is 6.07 Å². The van der Waals surface area contributed by atoms with Crippen molar-refractivity contribution in [2.45, 2.75) is 20.8 Å². The Morgan fingerprint density at radius 1 is 1.25 bits per heavy atom. The molecule has 3 heteroatoms. The van der Waals surface area contributed by atoms with Gasteiger partial charge < -0.3 is 9.64 Å². The fourth-order valence-corrected chi connectivity index (χ4v) is 1.55. The van der Waals surface area contributed by atoms with E-state index < -0.39 is 0 Å². The van der Waals surface area contributed by atoms with Crippen LogP contribution in [0.1, 0.15) is 19.4 Å². The first-order valence-corrected chi connectivity index (χ1v) is 5.78. The molecule has 0 heterocycles. The normalized spacial score (nSPS) is 10.8. The molecule has 0 unspecified atom stereocenters. The molecule has 0 saturated heterocycles. The molecular formula is C13H20FNO. The number of nitrogens with zero attached hydrogens (tertiary/aromatic N) is 1. The summed E-state index contributed by atoms with van der Waals surface area (Å²) in [5, 5.41) is 0. The lowest BCUT2D eigenvalue weighted by molar-refractivity contribution is 0.217. The van der Waals surface area contributed by atoms with E-state index in [4.69, 9.17) is 4.74 Å². The molecule has 0 spiro atoms. The van der Waals surface area contributed by atoms with Crippen molar-refractivity contribution in [2.24, 2.45) is 0 Å². The molecule has 0 atom stereocenters. The molecule has 16 heavy (non-hydrogen) atoms. The number of likely N-dealkylation sites (N-methyl/N-ethyl adjacent to an activating group) is 1. The Labute approximate surface area is 97.0 Å². The van der Waals surface area contributed by atoms with Gasteiger partial charge in [-0.2, -0.15) is 0 Å². The van der Waals surface area contributed by atoms with Gasteiger partial charge in [-0.05, 0) is 37.7 Å². The van der Waals surface area contributed by atoms with Crippen LogP contribution < -0.4 is 4.74 Å². The van der Waals surface area contributed by atoms with Crippen LogP contribution >= 0.6 is 0 Å². The molecule has 0 aliphatic rings. The highest BCUT2D eigenvalue weighted by atomic mass is 19.1. The molecule has 0 saturated carbocycles. The zero-order valence-electron chi connectivity index (χ0n) is 10.3. The van der Waals surface area contributed by atoms with Crippen molar-refractivity contribution in [3.63, 3.8) is 0 Å². The second-order valence-electron chi connectivity index (χ2n) is 3.81. The molecule has 1 aromatic rings. The molecule has 90 valence electrons. The van der Waals surface area contributed by atoms with Crippen LogP contribution in [0.3, 0.4) is 0 Å². The third-order valence-corrected chi connectivity index (χ3v) is 2.65. The molecule has 1 rings (SSSR count). The minimum Gasteiger partial charge on any atom is -0.489 e. The largest absolute Gasteiger partial charge is 0.489 e. The Balaban J connectivity index is 2.42. The van der Waals surface area contributed by atoms with Crippen molar-refractivity contribution >= 4 is 0 Å². The SMILES string of the molecule is CCN(CC)CCOc1ccc(C)cc1F. The van der Waals surface area contributed by atoms with Crippen molar-refractivity contribution < 1.29 is 9.13 Å². The number of halogens is 1. The lowest BCUT2D eigenvalue weighted by atomic mass is 10.2. The van der Waals surface area contributed by atoms with Crippen LogP contribution in [0.15, 0.2) is 18.2 Å². The average Bonchev–Trinajstić information content (AvgIpc) is 2.27. The van der Waals surface area contributed by atoms with Crippen molar-refractivity contribution in [3.05, 3.63) is 29.6 Å². The van der Waals surface area contributed by atoms with E-state index in [9.17, 15) is 4.39 Å². The van der Waals surface area contributed by atoms with Crippen LogP contribution in [0.5, 0.6) is 5.75 Å². The van der Waals surface area contributed by atoms with Crippen LogP contribution in [0.4, 0.5) is 4.39 Å². The summed E-state index contributed by atoms with van der Waals surface area (Å²) in [6, 6.07) is 5.04. The zero-order chi connectivity index (χ0) is 12.0. The Bertz CT molecular complexity index is 324. The number of ether oxygens (including phenoxy) is 1. The van der Waals surface area contributed by atoms with E-state index in [0.29, 0.717) is 12.4 Å². The Kier molecular flexibility index (Phi) is 5.26. The summed E-state index contributed by atoms with van der Waals surface area (Å²) < 4.78 is 18.8. The summed E-state index contributed by atoms with van der Waals surface area (Å²) in [6.07, 6.45) is 0. The molecule has 0 aliphatic heterocycles. The number of hydrogen-bond acceptors (Lipinski definition) is 2. The van der Waals surface area contributed by atoms with Crippen LogP contribution in [-0.2, 0) is 0 Å². The van der Waals surface area contributed by atoms with Gasteiger partial charge in [-0.25, -0.2) is 4.39 Å². The second-order valence-corrected chi connectivity index (χ2v) is 3.81. The topological polar surface area (TPSA) is 12.5 Å². The van der Waals surface area contributed by atoms with Gasteiger partial charge in [-0.15, -0.1) is 0 Å². The number of rotatable bonds is 6. The Morgan fingerprint density at radius 2 is 1.94 bits per heavy atom. The first kappa shape index (κ1) is 13.0. The third kappa shape index (κ3) is 3.81. The van der Waals surface area contributed by atoms with Gasteiger partial charge >= 0.3 is 0 Å². The Morgan fingerprint density at radius 3 is 2.50 bits per heavy atom. The van der Waals surface area contributed by atoms with Crippen molar-refractivity contribution in [1.82, 2.24) is 4.90 Å². The van der Waals surface area contributed by atoms with E-state index in [1.807, 2.05) is 13.0 Å². The smallest absolute Gasteiger partial charge is 0.165 e. The van der Waals surface area contributed by atoms with Crippen LogP contribution in [0.2, 0.25) is 0 Å². The van der Waals surface area contributed by atoms with E-state index in [1.165, 1.54) is 6.07 Å². The van der Waals surface area contributed by atoms with Gasteiger partial charge in [-0.3, -0.25) is 0 Å². The molecule has 0 bridgehead atoms. The Hall–Kier alpha value is -1.09. The highest BCUT2D eigenvalue weighted by Crippen LogP contribution is 2.17. The standard InChI is InChI=1S/C13H20FNO/c1-4-15(5-2)8-9-16-13-7-6-11(3)10-12(13)14/h6-7,10H,4-5,8-9H2,1-3H3. The van der Waals surface area contributed by atoms with Gasteiger partial charge in [0.2, 0.25) is 0 Å². The fourth-order valence-electron chi connectivity index (χ4n) is 1.55. The molecule has 0 fully saturated rings. The van der Waals surface area contributed by atoms with Gasteiger partial charge in [0.25, 0.3) is 0 Å². The number of aryl methyl sites for hydroxylation is 1. The van der Waals surface area contributed by atoms with Crippen molar-refractivity contribution in [1.29, 1.82) is 0 Å². The lowest BCUT2D eigenvalue weighted by Crippen LogP contribution is -2.28. The van der Waals surface area contributed by atoms with Crippen LogP contribution in [0, 0.1) is 12.7 Å². The third-order valence-electron chi connectivity index (χ3n) is 2.65. The maximum Gasteiger partial charge on any atom is 0.165 e. The summed E-state index contributed by atoms with van der Waals surface area (Å²) in [4.78, 5) is 2.24. The average molecular weight is 225 g/mol. The molecule has 1 aromatic carbocycles. The van der Waals surface area contributed by atoms with Gasteiger partial charge in [-0.1, -0.05) is 19.9 Å². The van der Waals surface area contributed by atoms with Crippen LogP contribution in [-0.4, -0.2) is 31.1 Å². The monoisotopic (exact) mass is 225 g/mol. The summed E-state index contributed by atoms with van der Waals surface area (Å²) in [7, 11) is 0. The summed E-state index contributed by atoms with van der Waals surface area (Å²) in [6.45, 7) is 9.43. The van der Waals surface area contributed by atoms with E-state index in [-0.39, 0.29) is 5.82 Å². The maximum absolute atomic E-state index is 13.4. The first-order valence-electron chi connectivity index (χ1n) is 5.78. The zero-order valence-corrected chi connectivity index (χ0v) is 10.3. The number of hydrogen-bond donors (Lipinski definition) is 0. The van der Waals surface area contributed by atoms with E-state index in [0.717, 1.165) is 25.2 Å². The van der Waals surface area contributed by atoms with Gasteiger partial charge in [0.1, 0.15) is 6.61 Å². The second kappa shape index (κ2) is 6.48. The van der Waals surface area contributed by atoms with E-state index in [2.05, 4.69) is 18.7 Å². The van der Waals surface area contributed by atoms with Crippen LogP contribution in [0.25, 0.3) is 0 Å². The lowest BCUT2D eigenvalue weighted by Gasteiger charge is -2.18. The molecule has 0 N–H and O–H groups in total. The van der Waals surface area contributed by atoms with Gasteiger partial charge in [0.15, 0.2) is 11.6 Å². The minimum absolute atomic E-state index is 0.278. The minimum atomic E-state index is -0.278. The molecule has 0 radical (unpaired) electrons. The molecule has 0 aromatic heterocycles. The summed E-state index contributed by atoms with van der Waals surface area (Å²) in [5.41, 5.74) is 0.911. The summed E-state index contributed by atoms with van der Waals surface area (Å²) in [5.74, 6) is 0.0669. The maximum atomic E-state index is 13.4. The number of benzene rings is 1. The predicted octanol–water partition coefficient (Wildman–Crippen LogP) is 2.85. The summed E-state index contributed by atoms with van der Waals surface area (Å²) >= 11 is 0. The molecular weight excluding hydrogens is 205 g/mol. The van der Waals surface area contributed by atoms with Gasteiger partial charge in [0.05, 0.1) is 0 Å². The highest BCUT2D eigenvalue weighted by molar-refractivity contribution is 5.28.